The van der Waals surface area contributed by atoms with Crippen molar-refractivity contribution in [2.45, 2.75) is 110 Å². The second-order valence-electron chi connectivity index (χ2n) is 14.5. The highest BCUT2D eigenvalue weighted by Crippen LogP contribution is 2.43. The minimum atomic E-state index is -0.618. The number of carbonyl (C=O) groups excluding carboxylic acids is 3. The number of phenols is 3. The summed E-state index contributed by atoms with van der Waals surface area (Å²) in [5, 5.41) is 28.2. The quantitative estimate of drug-likeness (QED) is 0.101. The van der Waals surface area contributed by atoms with Gasteiger partial charge in [-0.3, -0.25) is 14.4 Å². The molecule has 3 aliphatic rings. The topological polar surface area (TPSA) is 140 Å². The second-order valence-corrected chi connectivity index (χ2v) is 14.5. The lowest BCUT2D eigenvalue weighted by Gasteiger charge is -2.17. The van der Waals surface area contributed by atoms with E-state index in [4.69, 9.17) is 0 Å². The van der Waals surface area contributed by atoms with Crippen molar-refractivity contribution in [3.05, 3.63) is 88.7 Å². The van der Waals surface area contributed by atoms with Crippen LogP contribution in [0.25, 0.3) is 0 Å². The van der Waals surface area contributed by atoms with Gasteiger partial charge in [-0.2, -0.15) is 0 Å². The fourth-order valence-corrected chi connectivity index (χ4v) is 6.64. The van der Waals surface area contributed by atoms with E-state index in [1.165, 1.54) is 39.5 Å². The molecule has 310 valence electrons. The molecule has 3 saturated carbocycles. The smallest absolute Gasteiger partial charge is 0.306 e. The van der Waals surface area contributed by atoms with Crippen molar-refractivity contribution in [2.24, 2.45) is 17.8 Å². The Morgan fingerprint density at radius 2 is 0.750 bits per heavy atom. The lowest BCUT2D eigenvalue weighted by Crippen LogP contribution is -2.11. The van der Waals surface area contributed by atoms with Gasteiger partial charge in [-0.1, -0.05) is 89.8 Å². The molecule has 0 radical (unpaired) electrons. The van der Waals surface area contributed by atoms with E-state index in [0.29, 0.717) is 34.4 Å². The first-order valence-electron chi connectivity index (χ1n) is 18.5. The van der Waals surface area contributed by atoms with Crippen LogP contribution >= 0.6 is 0 Å². The van der Waals surface area contributed by atoms with E-state index in [9.17, 15) is 42.9 Å². The number of ether oxygens (including phenoxy) is 3. The SMILES string of the molecule is C.C.COC(=O)CC(CC1CC1)c1cccc(O)c1F.COC(=O)C[C@@H](CC1CC1)c1cccc(O)c1F.COC(=O)C[C@H](CC1CC1)c1cccc(O)c1F. The Labute approximate surface area is 329 Å². The summed E-state index contributed by atoms with van der Waals surface area (Å²) in [5.41, 5.74) is 1.23. The lowest BCUT2D eigenvalue weighted by atomic mass is 9.90. The van der Waals surface area contributed by atoms with Gasteiger partial charge in [0.2, 0.25) is 0 Å². The summed E-state index contributed by atoms with van der Waals surface area (Å²) >= 11 is 0. The standard InChI is InChI=1S/3C14H17FO3.2CH4/c3*1-18-13(17)8-10(7-9-5-6-9)11-3-2-4-12(16)14(11)15;;/h3*2-4,9-10,16H,5-8H2,1H3;2*1H4/t2*10-;;;/m10.../s1. The summed E-state index contributed by atoms with van der Waals surface area (Å²) in [6.07, 6.45) is 9.62. The maximum absolute atomic E-state index is 13.9. The Morgan fingerprint density at radius 3 is 0.946 bits per heavy atom. The van der Waals surface area contributed by atoms with E-state index in [1.807, 2.05) is 0 Å². The van der Waals surface area contributed by atoms with Crippen LogP contribution in [0, 0.1) is 35.2 Å². The number of aromatic hydroxyl groups is 3. The number of hydrogen-bond acceptors (Lipinski definition) is 9. The Bertz CT molecular complexity index is 1520. The van der Waals surface area contributed by atoms with Gasteiger partial charge < -0.3 is 29.5 Å². The number of rotatable bonds is 15. The van der Waals surface area contributed by atoms with Crippen molar-refractivity contribution in [1.29, 1.82) is 0 Å². The van der Waals surface area contributed by atoms with Gasteiger partial charge in [0.1, 0.15) is 0 Å². The molecule has 9 nitrogen and oxygen atoms in total. The van der Waals surface area contributed by atoms with E-state index in [1.54, 1.807) is 36.4 Å². The number of methoxy groups -OCH3 is 3. The van der Waals surface area contributed by atoms with E-state index in [0.717, 1.165) is 57.8 Å². The molecule has 56 heavy (non-hydrogen) atoms. The minimum Gasteiger partial charge on any atom is -0.505 e. The van der Waals surface area contributed by atoms with E-state index in [2.05, 4.69) is 14.2 Å². The summed E-state index contributed by atoms with van der Waals surface area (Å²) in [4.78, 5) is 34.2. The molecule has 0 aliphatic heterocycles. The molecule has 0 spiro atoms. The van der Waals surface area contributed by atoms with Crippen LogP contribution in [-0.4, -0.2) is 54.6 Å². The van der Waals surface area contributed by atoms with Crippen LogP contribution in [0.4, 0.5) is 13.2 Å². The lowest BCUT2D eigenvalue weighted by molar-refractivity contribution is -0.142. The molecule has 3 N–H and O–H groups in total. The molecule has 3 aliphatic carbocycles. The predicted octanol–water partition coefficient (Wildman–Crippen LogP) is 10.2. The van der Waals surface area contributed by atoms with Crippen molar-refractivity contribution in [3.63, 3.8) is 0 Å². The first-order valence-corrected chi connectivity index (χ1v) is 18.5. The highest BCUT2D eigenvalue weighted by atomic mass is 19.1. The minimum absolute atomic E-state index is 0. The molecule has 3 aromatic carbocycles. The van der Waals surface area contributed by atoms with Gasteiger partial charge in [-0.15, -0.1) is 0 Å². The number of halogens is 3. The highest BCUT2D eigenvalue weighted by molar-refractivity contribution is 5.71. The maximum Gasteiger partial charge on any atom is 0.306 e. The monoisotopic (exact) mass is 788 g/mol. The van der Waals surface area contributed by atoms with Crippen LogP contribution in [0.1, 0.15) is 126 Å². The van der Waals surface area contributed by atoms with Crippen LogP contribution < -0.4 is 0 Å². The Balaban J connectivity index is 0.000000285. The molecule has 0 heterocycles. The van der Waals surface area contributed by atoms with Gasteiger partial charge in [-0.05, 0) is 89.7 Å². The van der Waals surface area contributed by atoms with Gasteiger partial charge >= 0.3 is 17.9 Å². The Hall–Kier alpha value is -4.74. The van der Waals surface area contributed by atoms with Crippen LogP contribution in [0.15, 0.2) is 54.6 Å². The second kappa shape index (κ2) is 22.7. The van der Waals surface area contributed by atoms with Crippen LogP contribution in [0.3, 0.4) is 0 Å². The van der Waals surface area contributed by atoms with Gasteiger partial charge in [0, 0.05) is 0 Å². The van der Waals surface area contributed by atoms with Gasteiger partial charge in [0.05, 0.1) is 40.6 Å². The molecule has 0 bridgehead atoms. The average molecular weight is 789 g/mol. The molecule has 1 unspecified atom stereocenters. The van der Waals surface area contributed by atoms with Crippen LogP contribution in [0.2, 0.25) is 0 Å². The van der Waals surface area contributed by atoms with Crippen molar-refractivity contribution >= 4 is 17.9 Å². The summed E-state index contributed by atoms with van der Waals surface area (Å²) in [5.74, 6) is -2.90. The molecule has 12 heteroatoms. The normalized spacial score (nSPS) is 15.8. The van der Waals surface area contributed by atoms with Crippen LogP contribution in [-0.2, 0) is 28.6 Å². The van der Waals surface area contributed by atoms with Gasteiger partial charge in [0.25, 0.3) is 0 Å². The Kier molecular flexibility index (Phi) is 19.2. The third kappa shape index (κ3) is 14.7. The molecular weight excluding hydrogens is 729 g/mol. The number of esters is 3. The molecule has 3 fully saturated rings. The van der Waals surface area contributed by atoms with Crippen LogP contribution in [0.5, 0.6) is 17.2 Å². The zero-order valence-corrected chi connectivity index (χ0v) is 31.1. The Morgan fingerprint density at radius 1 is 0.518 bits per heavy atom. The predicted molar refractivity (Wildman–Crippen MR) is 208 cm³/mol. The number of benzene rings is 3. The fraction of sp³-hybridized carbons (Fsp3) is 0.523. The van der Waals surface area contributed by atoms with Crippen molar-refractivity contribution in [2.75, 3.05) is 21.3 Å². The summed E-state index contributed by atoms with van der Waals surface area (Å²) in [6, 6.07) is 13.6. The van der Waals surface area contributed by atoms with E-state index >= 15 is 0 Å². The third-order valence-electron chi connectivity index (χ3n) is 10.2. The van der Waals surface area contributed by atoms with Gasteiger partial charge in [-0.25, -0.2) is 13.2 Å². The zero-order chi connectivity index (χ0) is 39.4. The maximum atomic E-state index is 13.9. The van der Waals surface area contributed by atoms with Crippen molar-refractivity contribution in [3.8, 4) is 17.2 Å². The van der Waals surface area contributed by atoms with E-state index < -0.39 is 17.5 Å². The summed E-state index contributed by atoms with van der Waals surface area (Å²) in [6.45, 7) is 0. The molecule has 3 aromatic rings. The fourth-order valence-electron chi connectivity index (χ4n) is 6.64. The summed E-state index contributed by atoms with van der Waals surface area (Å²) < 4.78 is 55.6. The average Bonchev–Trinajstić information content (AvgIpc) is 4.00. The molecule has 0 aromatic heterocycles. The molecule has 3 atom stereocenters. The number of phenolic OH excluding ortho intramolecular Hbond substituents is 3. The molecule has 0 amide bonds. The number of carbonyl (C=O) groups is 3. The molecular formula is C44H59F3O9. The highest BCUT2D eigenvalue weighted by Gasteiger charge is 2.32. The largest absolute Gasteiger partial charge is 0.505 e. The summed E-state index contributed by atoms with van der Waals surface area (Å²) in [7, 11) is 3.99. The molecule has 6 rings (SSSR count). The van der Waals surface area contributed by atoms with Crippen molar-refractivity contribution < 1.29 is 57.1 Å². The van der Waals surface area contributed by atoms with E-state index in [-0.39, 0.29) is 87.0 Å². The number of hydrogen-bond donors (Lipinski definition) is 3. The van der Waals surface area contributed by atoms with Crippen molar-refractivity contribution in [1.82, 2.24) is 0 Å². The van der Waals surface area contributed by atoms with Gasteiger partial charge in [0.15, 0.2) is 34.7 Å². The third-order valence-corrected chi connectivity index (χ3v) is 10.2. The molecule has 0 saturated heterocycles. The first-order chi connectivity index (χ1) is 25.8. The first kappa shape index (κ1) is 47.4. The zero-order valence-electron chi connectivity index (χ0n) is 31.1.